The molecule has 4 nitrogen and oxygen atoms in total. The molecule has 0 bridgehead atoms. The molecule has 0 aliphatic carbocycles. The molecule has 2 N–H and O–H groups in total. The van der Waals surface area contributed by atoms with Gasteiger partial charge in [0.1, 0.15) is 11.6 Å². The van der Waals surface area contributed by atoms with Crippen molar-refractivity contribution in [1.29, 1.82) is 0 Å². The summed E-state index contributed by atoms with van der Waals surface area (Å²) in [5, 5.41) is 8.35. The molecule has 2 aromatic rings. The normalized spacial score (nSPS) is 18.1. The fourth-order valence-corrected chi connectivity index (χ4v) is 2.62. The van der Waals surface area contributed by atoms with E-state index >= 15 is 0 Å². The lowest BCUT2D eigenvalue weighted by molar-refractivity contribution is 0.385. The molecule has 0 fully saturated rings. The lowest BCUT2D eigenvalue weighted by Crippen LogP contribution is -2.26. The van der Waals surface area contributed by atoms with Crippen LogP contribution in [0.3, 0.4) is 0 Å². The minimum Gasteiger partial charge on any atom is -0.330 e. The molecule has 0 radical (unpaired) electrons. The fraction of sp³-hybridized carbons (Fsp3) is 0.429. The van der Waals surface area contributed by atoms with Crippen molar-refractivity contribution in [2.45, 2.75) is 25.8 Å². The maximum absolute atomic E-state index is 13.2. The van der Waals surface area contributed by atoms with Crippen LogP contribution in [-0.2, 0) is 19.4 Å². The molecular formula is C14H16F2N4. The van der Waals surface area contributed by atoms with Gasteiger partial charge in [0.05, 0.1) is 0 Å². The van der Waals surface area contributed by atoms with Crippen LogP contribution in [0.1, 0.15) is 23.6 Å². The average molecular weight is 278 g/mol. The predicted molar refractivity (Wildman–Crippen MR) is 70.1 cm³/mol. The zero-order chi connectivity index (χ0) is 14.1. The van der Waals surface area contributed by atoms with Gasteiger partial charge < -0.3 is 10.3 Å². The lowest BCUT2D eigenvalue weighted by atomic mass is 9.98. The standard InChI is InChI=1S/C14H16F2N4/c15-11-2-1-9(5-12(11)16)6-13-18-19-14-7-10(8-17)3-4-20(13)14/h1-2,5,10H,3-4,6-8,17H2. The van der Waals surface area contributed by atoms with E-state index in [4.69, 9.17) is 5.73 Å². The number of fused-ring (bicyclic) bond motifs is 1. The van der Waals surface area contributed by atoms with Crippen LogP contribution in [0, 0.1) is 17.6 Å². The van der Waals surface area contributed by atoms with Crippen molar-refractivity contribution in [1.82, 2.24) is 14.8 Å². The van der Waals surface area contributed by atoms with Gasteiger partial charge >= 0.3 is 0 Å². The van der Waals surface area contributed by atoms with E-state index < -0.39 is 11.6 Å². The van der Waals surface area contributed by atoms with Crippen molar-refractivity contribution < 1.29 is 8.78 Å². The summed E-state index contributed by atoms with van der Waals surface area (Å²) in [7, 11) is 0. The molecule has 0 spiro atoms. The third-order valence-electron chi connectivity index (χ3n) is 3.82. The third-order valence-corrected chi connectivity index (χ3v) is 3.82. The van der Waals surface area contributed by atoms with E-state index in [1.165, 1.54) is 6.07 Å². The van der Waals surface area contributed by atoms with E-state index in [1.807, 2.05) is 0 Å². The number of hydrogen-bond acceptors (Lipinski definition) is 3. The summed E-state index contributed by atoms with van der Waals surface area (Å²) in [6.45, 7) is 1.49. The molecular weight excluding hydrogens is 262 g/mol. The van der Waals surface area contributed by atoms with Gasteiger partial charge in [-0.05, 0) is 36.6 Å². The van der Waals surface area contributed by atoms with Crippen LogP contribution < -0.4 is 5.73 Å². The van der Waals surface area contributed by atoms with Gasteiger partial charge in [-0.2, -0.15) is 0 Å². The average Bonchev–Trinajstić information content (AvgIpc) is 2.85. The summed E-state index contributed by atoms with van der Waals surface area (Å²) in [5.74, 6) is 0.528. The fourth-order valence-electron chi connectivity index (χ4n) is 2.62. The Labute approximate surface area is 115 Å². The van der Waals surface area contributed by atoms with E-state index in [2.05, 4.69) is 14.8 Å². The van der Waals surface area contributed by atoms with Gasteiger partial charge in [-0.1, -0.05) is 6.07 Å². The van der Waals surface area contributed by atoms with Crippen molar-refractivity contribution >= 4 is 0 Å². The van der Waals surface area contributed by atoms with Crippen LogP contribution in [0.2, 0.25) is 0 Å². The first-order valence-corrected chi connectivity index (χ1v) is 6.72. The highest BCUT2D eigenvalue weighted by molar-refractivity contribution is 5.21. The van der Waals surface area contributed by atoms with Gasteiger partial charge in [0, 0.05) is 19.4 Å². The summed E-state index contributed by atoms with van der Waals surface area (Å²) in [6.07, 6.45) is 2.30. The predicted octanol–water partition coefficient (Wildman–Crippen LogP) is 1.67. The second-order valence-electron chi connectivity index (χ2n) is 5.20. The minimum atomic E-state index is -0.831. The Bertz CT molecular complexity index is 624. The maximum Gasteiger partial charge on any atom is 0.159 e. The van der Waals surface area contributed by atoms with Crippen LogP contribution in [0.15, 0.2) is 18.2 Å². The summed E-state index contributed by atoms with van der Waals surface area (Å²) < 4.78 is 28.2. The molecule has 1 aliphatic rings. The van der Waals surface area contributed by atoms with Crippen molar-refractivity contribution in [3.63, 3.8) is 0 Å². The molecule has 2 heterocycles. The number of halogens is 2. The Balaban J connectivity index is 1.82. The van der Waals surface area contributed by atoms with Crippen molar-refractivity contribution in [3.8, 4) is 0 Å². The first-order chi connectivity index (χ1) is 9.67. The highest BCUT2D eigenvalue weighted by Gasteiger charge is 2.22. The quantitative estimate of drug-likeness (QED) is 0.929. The monoisotopic (exact) mass is 278 g/mol. The van der Waals surface area contributed by atoms with E-state index in [0.29, 0.717) is 24.4 Å². The van der Waals surface area contributed by atoms with E-state index in [9.17, 15) is 8.78 Å². The van der Waals surface area contributed by atoms with E-state index in [-0.39, 0.29) is 0 Å². The van der Waals surface area contributed by atoms with Crippen molar-refractivity contribution in [2.75, 3.05) is 6.54 Å². The van der Waals surface area contributed by atoms with Crippen LogP contribution in [-0.4, -0.2) is 21.3 Å². The highest BCUT2D eigenvalue weighted by Crippen LogP contribution is 2.21. The van der Waals surface area contributed by atoms with Gasteiger partial charge in [-0.25, -0.2) is 8.78 Å². The number of rotatable bonds is 3. The van der Waals surface area contributed by atoms with Crippen LogP contribution in [0.4, 0.5) is 8.78 Å². The molecule has 1 unspecified atom stereocenters. The minimum absolute atomic E-state index is 0.456. The summed E-state index contributed by atoms with van der Waals surface area (Å²) in [4.78, 5) is 0. The van der Waals surface area contributed by atoms with Gasteiger partial charge in [0.15, 0.2) is 11.6 Å². The third kappa shape index (κ3) is 2.43. The number of nitrogens with zero attached hydrogens (tertiary/aromatic N) is 3. The largest absolute Gasteiger partial charge is 0.330 e. The number of nitrogens with two attached hydrogens (primary N) is 1. The van der Waals surface area contributed by atoms with Crippen LogP contribution >= 0.6 is 0 Å². The van der Waals surface area contributed by atoms with Crippen molar-refractivity contribution in [2.24, 2.45) is 11.7 Å². The molecule has 1 aromatic carbocycles. The summed E-state index contributed by atoms with van der Waals surface area (Å²) >= 11 is 0. The van der Waals surface area contributed by atoms with Crippen LogP contribution in [0.25, 0.3) is 0 Å². The van der Waals surface area contributed by atoms with Crippen LogP contribution in [0.5, 0.6) is 0 Å². The molecule has 6 heteroatoms. The number of benzene rings is 1. The Morgan fingerprint density at radius 3 is 2.85 bits per heavy atom. The topological polar surface area (TPSA) is 56.7 Å². The van der Waals surface area contributed by atoms with E-state index in [0.717, 1.165) is 37.1 Å². The second-order valence-corrected chi connectivity index (χ2v) is 5.20. The van der Waals surface area contributed by atoms with Gasteiger partial charge in [0.25, 0.3) is 0 Å². The van der Waals surface area contributed by atoms with Gasteiger partial charge in [-0.3, -0.25) is 0 Å². The van der Waals surface area contributed by atoms with Crippen molar-refractivity contribution in [3.05, 3.63) is 47.0 Å². The molecule has 20 heavy (non-hydrogen) atoms. The molecule has 3 rings (SSSR count). The molecule has 1 aliphatic heterocycles. The zero-order valence-corrected chi connectivity index (χ0v) is 11.0. The van der Waals surface area contributed by atoms with Gasteiger partial charge in [0.2, 0.25) is 0 Å². The summed E-state index contributed by atoms with van der Waals surface area (Å²) in [6, 6.07) is 3.93. The molecule has 0 amide bonds. The first kappa shape index (κ1) is 13.2. The second kappa shape index (κ2) is 5.28. The highest BCUT2D eigenvalue weighted by atomic mass is 19.2. The Hall–Kier alpha value is -1.82. The molecule has 106 valence electrons. The smallest absolute Gasteiger partial charge is 0.159 e. The number of aromatic nitrogens is 3. The Kier molecular flexibility index (Phi) is 3.48. The maximum atomic E-state index is 13.2. The zero-order valence-electron chi connectivity index (χ0n) is 11.0. The Morgan fingerprint density at radius 1 is 1.25 bits per heavy atom. The summed E-state index contributed by atoms with van der Waals surface area (Å²) in [5.41, 5.74) is 6.38. The molecule has 0 saturated heterocycles. The molecule has 1 atom stereocenters. The number of hydrogen-bond donors (Lipinski definition) is 1. The molecule has 1 aromatic heterocycles. The lowest BCUT2D eigenvalue weighted by Gasteiger charge is -2.22. The Morgan fingerprint density at radius 2 is 2.10 bits per heavy atom. The molecule has 0 saturated carbocycles. The SMILES string of the molecule is NCC1CCn2c(Cc3ccc(F)c(F)c3)nnc2C1. The first-order valence-electron chi connectivity index (χ1n) is 6.72. The van der Waals surface area contributed by atoms with Gasteiger partial charge in [-0.15, -0.1) is 10.2 Å². The van der Waals surface area contributed by atoms with E-state index in [1.54, 1.807) is 6.07 Å².